The fourth-order valence-electron chi connectivity index (χ4n) is 11.8. The molecular weight excluding hydrogens is 1230 g/mol. The van der Waals surface area contributed by atoms with Crippen molar-refractivity contribution in [3.8, 4) is 22.6 Å². The van der Waals surface area contributed by atoms with Crippen LogP contribution in [0.2, 0.25) is 0 Å². The Hall–Kier alpha value is -8.18. The number of Topliss-reactive ketones (excluding diaryl/α,β-unsaturated/α-hetero) is 4. The number of rotatable bonds is 36. The highest BCUT2D eigenvalue weighted by molar-refractivity contribution is 6.01. The molecule has 1 saturated carbocycles. The van der Waals surface area contributed by atoms with Gasteiger partial charge in [-0.25, -0.2) is 0 Å². The first-order valence-electron chi connectivity index (χ1n) is 34.3. The van der Waals surface area contributed by atoms with Crippen LogP contribution < -0.4 is 47.7 Å². The number of hydrogen-bond acceptors (Lipinski definition) is 15. The molecule has 0 radical (unpaired) electrons. The quantitative estimate of drug-likeness (QED) is 0.0316. The molecule has 5 rings (SSSR count). The van der Waals surface area contributed by atoms with Crippen molar-refractivity contribution in [2.24, 2.45) is 59.0 Å². The number of nitrogens with two attached hydrogens (primary N) is 1. The van der Waals surface area contributed by atoms with Crippen LogP contribution >= 0.6 is 0 Å². The second-order valence-electron chi connectivity index (χ2n) is 26.8. The van der Waals surface area contributed by atoms with Crippen molar-refractivity contribution in [2.45, 2.75) is 208 Å². The minimum Gasteiger partial charge on any atom is -0.457 e. The highest BCUT2D eigenvalue weighted by Crippen LogP contribution is 2.37. The number of aliphatic hydroxyl groups excluding tert-OH is 2. The lowest BCUT2D eigenvalue weighted by Crippen LogP contribution is -2.60. The zero-order valence-corrected chi connectivity index (χ0v) is 57.8. The van der Waals surface area contributed by atoms with Crippen LogP contribution in [0.5, 0.6) is 11.5 Å². The van der Waals surface area contributed by atoms with Crippen LogP contribution in [-0.2, 0) is 64.0 Å². The van der Waals surface area contributed by atoms with Gasteiger partial charge in [-0.15, -0.1) is 0 Å². The van der Waals surface area contributed by atoms with Gasteiger partial charge in [0.25, 0.3) is 0 Å². The second-order valence-corrected chi connectivity index (χ2v) is 26.8. The SMILES string of the molecule is CC[C@H](Cc1ccc(-c2ccc(Oc3ccccc3)cc2)cc1)C(=O)N[C@H](C(=O)C[C@@H](CO)C(=O)N[C@H](CCC(N)=O)C(=O)C[C@@H](C(=O)N[C@H](C(=O)C[C@@H](CO)C(=O)N[C@H]1C(=O)C[C@@H](C)C(=O)NC2(CC2)C(=O)N[C@@H]([C@@H](C)CC)C(=O)N[C@H]1C)[C@@H](C)CC)[C@@H](C)CC)[C@@H](C)CC. The summed E-state index contributed by atoms with van der Waals surface area (Å²) >= 11 is 0. The number of aliphatic hydroxyl groups is 2. The van der Waals surface area contributed by atoms with Crippen LogP contribution in [0.4, 0.5) is 0 Å². The molecule has 1 aliphatic carbocycles. The number of hydrogen-bond donors (Lipinski definition) is 10. The number of carbonyl (C=O) groups excluding carboxylic acids is 12. The van der Waals surface area contributed by atoms with Gasteiger partial charge in [-0.1, -0.05) is 150 Å². The maximum atomic E-state index is 14.6. The van der Waals surface area contributed by atoms with E-state index in [1.807, 2.05) is 99.6 Å². The number of carbonyl (C=O) groups is 12. The Kier molecular flexibility index (Phi) is 30.6. The zero-order valence-electron chi connectivity index (χ0n) is 57.8. The maximum Gasteiger partial charge on any atom is 0.246 e. The summed E-state index contributed by atoms with van der Waals surface area (Å²) in [5.74, 6) is -13.8. The number of para-hydroxylation sites is 1. The second kappa shape index (κ2) is 37.4. The highest BCUT2D eigenvalue weighted by Gasteiger charge is 2.53. The molecular formula is C73H104N8O15. The van der Waals surface area contributed by atoms with Crippen molar-refractivity contribution in [3.05, 3.63) is 84.4 Å². The molecule has 1 heterocycles. The van der Waals surface area contributed by atoms with E-state index in [4.69, 9.17) is 10.5 Å². The van der Waals surface area contributed by atoms with E-state index in [0.29, 0.717) is 57.1 Å². The van der Waals surface area contributed by atoms with Gasteiger partial charge >= 0.3 is 0 Å². The molecule has 2 aliphatic rings. The lowest BCUT2D eigenvalue weighted by atomic mass is 9.83. The summed E-state index contributed by atoms with van der Waals surface area (Å²) < 4.78 is 5.94. The maximum absolute atomic E-state index is 14.6. The van der Waals surface area contributed by atoms with Crippen molar-refractivity contribution in [1.82, 2.24) is 37.2 Å². The van der Waals surface area contributed by atoms with E-state index in [2.05, 4.69) is 37.2 Å². The third-order valence-corrected chi connectivity index (χ3v) is 19.5. The van der Waals surface area contributed by atoms with Gasteiger partial charge in [-0.2, -0.15) is 0 Å². The van der Waals surface area contributed by atoms with Crippen LogP contribution in [-0.4, -0.2) is 136 Å². The molecule has 8 amide bonds. The van der Waals surface area contributed by atoms with Crippen LogP contribution in [0.3, 0.4) is 0 Å². The average Bonchev–Trinajstić information content (AvgIpc) is 1.63. The molecule has 11 N–H and O–H groups in total. The van der Waals surface area contributed by atoms with Gasteiger partial charge < -0.3 is 57.9 Å². The molecule has 2 fully saturated rings. The topological polar surface area (TPSA) is 365 Å². The van der Waals surface area contributed by atoms with Crippen molar-refractivity contribution < 1.29 is 72.5 Å². The fraction of sp³-hybridized carbons (Fsp3) is 0.589. The van der Waals surface area contributed by atoms with Gasteiger partial charge in [0.1, 0.15) is 29.1 Å². The van der Waals surface area contributed by atoms with Gasteiger partial charge in [-0.05, 0) is 104 Å². The van der Waals surface area contributed by atoms with E-state index in [1.54, 1.807) is 41.5 Å². The largest absolute Gasteiger partial charge is 0.457 e. The molecule has 3 aromatic carbocycles. The molecule has 0 unspecified atom stereocenters. The van der Waals surface area contributed by atoms with Gasteiger partial charge in [-0.3, -0.25) is 57.5 Å². The Morgan fingerprint density at radius 2 is 1.11 bits per heavy atom. The zero-order chi connectivity index (χ0) is 71.1. The minimum absolute atomic E-state index is 0.298. The summed E-state index contributed by atoms with van der Waals surface area (Å²) in [5, 5.41) is 40.6. The van der Waals surface area contributed by atoms with E-state index in [-0.39, 0.29) is 30.6 Å². The Balaban J connectivity index is 1.25. The standard InChI is InChI=1S/C73H104N8O15/c1-12-41(6)55(70(93)78-63(43(8)14-3)60(87)37-52(40-83)69(92)79-65-46(11)75-71(94)64(44(9)15-4)80-72(95)73(32-33-73)81-66(89)45(10)34-58(65)85)38-57(84)56(30-31-61(74)88)76-68(91)51(39-82)36-59(86)62(42(7)13-2)77-67(90)48(16-5)35-47-22-24-49(25-23-47)50-26-28-54(29-27-50)96-53-20-18-17-19-21-53/h17-29,41-46,48,51-52,55-56,62-65,82-83H,12-16,30-40H2,1-11H3,(H2,74,88)(H,75,94)(H,76,91)(H,77,90)(H,78,93)(H,79,92)(H,80,95)(H,81,89)/t41-,42-,43-,44-,45+,46-,48+,51-,52-,55+,56+,62-,63-,64-,65+/m0/s1. The number of nitrogens with one attached hydrogen (secondary N) is 7. The number of primary amides is 1. The summed E-state index contributed by atoms with van der Waals surface area (Å²) in [6.45, 7) is 17.4. The molecule has 0 bridgehead atoms. The first kappa shape index (κ1) is 78.5. The van der Waals surface area contributed by atoms with E-state index in [0.717, 1.165) is 22.4 Å². The molecule has 15 atom stereocenters. The molecule has 526 valence electrons. The summed E-state index contributed by atoms with van der Waals surface area (Å²) in [5.41, 5.74) is 7.16. The van der Waals surface area contributed by atoms with Crippen molar-refractivity contribution >= 4 is 70.4 Å². The summed E-state index contributed by atoms with van der Waals surface area (Å²) in [6, 6.07) is 17.7. The van der Waals surface area contributed by atoms with E-state index in [1.165, 1.54) is 13.8 Å². The van der Waals surface area contributed by atoms with Crippen LogP contribution in [0.25, 0.3) is 11.1 Å². The van der Waals surface area contributed by atoms with E-state index in [9.17, 15) is 67.7 Å². The van der Waals surface area contributed by atoms with E-state index >= 15 is 0 Å². The molecule has 3 aromatic rings. The van der Waals surface area contributed by atoms with Crippen LogP contribution in [0, 0.1) is 53.3 Å². The normalized spacial score (nSPS) is 20.7. The van der Waals surface area contributed by atoms with E-state index < -0.39 is 187 Å². The number of benzene rings is 3. The lowest BCUT2D eigenvalue weighted by molar-refractivity contribution is -0.138. The molecule has 23 nitrogen and oxygen atoms in total. The molecule has 1 aliphatic heterocycles. The number of ether oxygens (including phenoxy) is 1. The number of amides is 8. The van der Waals surface area contributed by atoms with Crippen LogP contribution in [0.1, 0.15) is 165 Å². The third-order valence-electron chi connectivity index (χ3n) is 19.5. The molecule has 1 saturated heterocycles. The summed E-state index contributed by atoms with van der Waals surface area (Å²) in [6.07, 6.45) is 0.457. The molecule has 23 heteroatoms. The minimum atomic E-state index is -1.48. The van der Waals surface area contributed by atoms with Gasteiger partial charge in [0.2, 0.25) is 47.3 Å². The van der Waals surface area contributed by atoms with Gasteiger partial charge in [0, 0.05) is 49.9 Å². The number of ketones is 4. The predicted molar refractivity (Wildman–Crippen MR) is 362 cm³/mol. The lowest BCUT2D eigenvalue weighted by Gasteiger charge is -2.31. The Morgan fingerprint density at radius 3 is 1.62 bits per heavy atom. The molecule has 1 spiro atoms. The molecule has 0 aromatic heterocycles. The smallest absolute Gasteiger partial charge is 0.246 e. The van der Waals surface area contributed by atoms with Crippen molar-refractivity contribution in [3.63, 3.8) is 0 Å². The van der Waals surface area contributed by atoms with Gasteiger partial charge in [0.05, 0.1) is 49.2 Å². The first-order valence-corrected chi connectivity index (χ1v) is 34.3. The Labute approximate surface area is 564 Å². The monoisotopic (exact) mass is 1330 g/mol. The average molecular weight is 1330 g/mol. The Morgan fingerprint density at radius 1 is 0.594 bits per heavy atom. The predicted octanol–water partition coefficient (Wildman–Crippen LogP) is 6.06. The first-order chi connectivity index (χ1) is 45.6. The Bertz CT molecular complexity index is 3170. The van der Waals surface area contributed by atoms with Crippen LogP contribution in [0.15, 0.2) is 78.9 Å². The third kappa shape index (κ3) is 22.2. The summed E-state index contributed by atoms with van der Waals surface area (Å²) in [4.78, 5) is 167. The van der Waals surface area contributed by atoms with Gasteiger partial charge in [0.15, 0.2) is 23.1 Å². The molecule has 96 heavy (non-hydrogen) atoms. The van der Waals surface area contributed by atoms with Crippen molar-refractivity contribution in [1.29, 1.82) is 0 Å². The van der Waals surface area contributed by atoms with Crippen molar-refractivity contribution in [2.75, 3.05) is 13.2 Å². The summed E-state index contributed by atoms with van der Waals surface area (Å²) in [7, 11) is 0. The highest BCUT2D eigenvalue weighted by atomic mass is 16.5. The fourth-order valence-corrected chi connectivity index (χ4v) is 11.8.